The van der Waals surface area contributed by atoms with Gasteiger partial charge in [0, 0.05) is 44.4 Å². The molecule has 8 nitrogen and oxygen atoms in total. The molecule has 0 N–H and O–H groups in total. The van der Waals surface area contributed by atoms with E-state index in [0.29, 0.717) is 23.7 Å². The normalized spacial score (nSPS) is 13.2. The number of thiophene rings is 4. The van der Waals surface area contributed by atoms with Crippen molar-refractivity contribution in [3.05, 3.63) is 92.2 Å². The summed E-state index contributed by atoms with van der Waals surface area (Å²) in [5.74, 6) is 6.60. The van der Waals surface area contributed by atoms with Crippen molar-refractivity contribution in [2.45, 2.75) is 304 Å². The van der Waals surface area contributed by atoms with E-state index in [0.717, 1.165) is 86.0 Å². The zero-order valence-electron chi connectivity index (χ0n) is 72.3. The third kappa shape index (κ3) is 25.6. The number of benzene rings is 6. The summed E-state index contributed by atoms with van der Waals surface area (Å²) in [6, 6.07) is 27.7. The predicted molar refractivity (Wildman–Crippen MR) is 523 cm³/mol. The van der Waals surface area contributed by atoms with Gasteiger partial charge in [-0.15, -0.1) is 22.7 Å². The van der Waals surface area contributed by atoms with Crippen LogP contribution in [0.4, 0.5) is 0 Å². The molecular weight excluding hydrogens is 1860 g/mol. The van der Waals surface area contributed by atoms with E-state index in [4.69, 9.17) is 23.3 Å². The molecule has 6 heterocycles. The number of hydrogen-bond donors (Lipinski definition) is 0. The Morgan fingerprint density at radius 2 is 0.632 bits per heavy atom. The van der Waals surface area contributed by atoms with Gasteiger partial charge in [0.2, 0.25) is 0 Å². The van der Waals surface area contributed by atoms with Gasteiger partial charge < -0.3 is 9.47 Å². The quantitative estimate of drug-likeness (QED) is 0.0275. The van der Waals surface area contributed by atoms with E-state index in [9.17, 15) is 0 Å². The predicted octanol–water partition coefficient (Wildman–Crippen LogP) is 33.8. The summed E-state index contributed by atoms with van der Waals surface area (Å²) in [6.45, 7) is 26.0. The topological polar surface area (TPSA) is 88.5 Å². The number of halogens is 2. The minimum atomic E-state index is -2.33. The second-order valence-electron chi connectivity index (χ2n) is 34.9. The van der Waals surface area contributed by atoms with Crippen LogP contribution in [-0.2, 0) is 0 Å². The maximum Gasteiger partial charge on any atom is 0.129 e. The number of fused-ring (bicyclic) bond motifs is 12. The zero-order chi connectivity index (χ0) is 81.3. The van der Waals surface area contributed by atoms with Crippen molar-refractivity contribution in [3.63, 3.8) is 0 Å². The minimum absolute atomic E-state index is 0.570. The van der Waals surface area contributed by atoms with Crippen LogP contribution in [0.25, 0.3) is 94.4 Å². The molecule has 0 fully saturated rings. The van der Waals surface area contributed by atoms with Gasteiger partial charge in [0.15, 0.2) is 0 Å². The minimum Gasteiger partial charge on any atom is -0.493 e. The molecule has 0 bridgehead atoms. The Hall–Kier alpha value is -2.92. The van der Waals surface area contributed by atoms with E-state index in [1.807, 2.05) is 34.8 Å². The molecule has 6 aromatic heterocycles. The Labute approximate surface area is 735 Å². The van der Waals surface area contributed by atoms with Crippen LogP contribution < -0.4 is 24.7 Å². The number of aryl methyl sites for hydroxylation is 2. The van der Waals surface area contributed by atoms with Gasteiger partial charge in [-0.25, -0.2) is 0 Å². The van der Waals surface area contributed by atoms with Crippen LogP contribution in [0.1, 0.15) is 271 Å². The van der Waals surface area contributed by atoms with E-state index in [1.165, 1.54) is 306 Å². The number of ether oxygens (including phenoxy) is 4. The fourth-order valence-corrected chi connectivity index (χ4v) is 33.4. The summed E-state index contributed by atoms with van der Waals surface area (Å²) in [7, 11) is 0. The van der Waals surface area contributed by atoms with E-state index < -0.39 is 36.8 Å². The molecule has 114 heavy (non-hydrogen) atoms. The molecule has 12 rings (SSSR count). The van der Waals surface area contributed by atoms with Crippen LogP contribution >= 0.6 is 101 Å². The molecule has 18 heteroatoms. The molecule has 0 saturated heterocycles. The van der Waals surface area contributed by atoms with Gasteiger partial charge in [-0.05, 0) is 136 Å². The monoisotopic (exact) mass is 2000 g/mol. The Balaban J connectivity index is 0.000000212. The summed E-state index contributed by atoms with van der Waals surface area (Å²) in [4.78, 5) is 17.9. The molecule has 0 aliphatic heterocycles. The first-order valence-electron chi connectivity index (χ1n) is 44.4. The van der Waals surface area contributed by atoms with Crippen molar-refractivity contribution in [1.82, 2.24) is 17.5 Å². The van der Waals surface area contributed by atoms with E-state index in [-0.39, 0.29) is 0 Å². The van der Waals surface area contributed by atoms with Crippen molar-refractivity contribution >= 4 is 227 Å². The van der Waals surface area contributed by atoms with Gasteiger partial charge in [0.25, 0.3) is 0 Å². The maximum atomic E-state index is 7.14. The number of unbranched alkanes of at least 4 members (excludes halogenated alkanes) is 16. The summed E-state index contributed by atoms with van der Waals surface area (Å²) >= 11 is 12.6. The summed E-state index contributed by atoms with van der Waals surface area (Å²) in [6.07, 6.45) is 41.2. The molecule has 0 aliphatic carbocycles. The Kier molecular flexibility index (Phi) is 38.4. The molecular formula is C96H136Br2N4O4S6Sn2. The Morgan fingerprint density at radius 1 is 0.325 bits per heavy atom. The second-order valence-corrected chi connectivity index (χ2v) is 72.9. The summed E-state index contributed by atoms with van der Waals surface area (Å²) < 4.78 is 56.9. The zero-order valence-corrected chi connectivity index (χ0v) is 86.1. The van der Waals surface area contributed by atoms with Gasteiger partial charge in [0.1, 0.15) is 33.6 Å². The number of aromatic nitrogens is 4. The van der Waals surface area contributed by atoms with Crippen molar-refractivity contribution in [2.75, 3.05) is 26.4 Å². The maximum absolute atomic E-state index is 7.14. The number of rotatable bonds is 47. The second kappa shape index (κ2) is 46.9. The first-order valence-corrected chi connectivity index (χ1v) is 70.6. The van der Waals surface area contributed by atoms with Crippen LogP contribution in [-0.4, -0.2) is 80.7 Å². The SMILES string of the molecule is Brc1ccc(Br)c2nsnc12.CCCCCCC(CCCC)COc1cc2c[c]([Sn]([CH3])([CH3])[CH3])sc2c2c(OCC(CCCC)CCCCCC)cc3c[c]([Sn]([CH3])([CH3])[CH3])sc3c12.CCCCCCC(CCCC)COc1cc2cc(-c3ccc(C)c4nsnc34)sc2c2c(OCC(CCCC)CCCCCC)cc3cc(C)sc3c12. The van der Waals surface area contributed by atoms with Crippen LogP contribution in [0, 0.1) is 37.5 Å². The molecule has 4 unspecified atom stereocenters. The van der Waals surface area contributed by atoms with Crippen LogP contribution in [0.3, 0.4) is 0 Å². The average molecular weight is 2000 g/mol. The average Bonchev–Trinajstić information content (AvgIpc) is 1.54. The molecule has 622 valence electrons. The van der Waals surface area contributed by atoms with Crippen molar-refractivity contribution in [3.8, 4) is 33.4 Å². The summed E-state index contributed by atoms with van der Waals surface area (Å²) in [5, 5.41) is 10.3. The molecule has 12 aromatic rings. The van der Waals surface area contributed by atoms with Crippen LogP contribution in [0.2, 0.25) is 29.6 Å². The van der Waals surface area contributed by atoms with Crippen LogP contribution in [0.15, 0.2) is 81.7 Å². The molecule has 4 atom stereocenters. The Bertz CT molecular complexity index is 4760. The molecule has 0 saturated carbocycles. The summed E-state index contributed by atoms with van der Waals surface area (Å²) in [5.41, 5.74) is 6.18. The van der Waals surface area contributed by atoms with E-state index in [2.05, 4.69) is 227 Å². The molecule has 0 amide bonds. The van der Waals surface area contributed by atoms with Gasteiger partial charge in [-0.1, -0.05) is 144 Å². The molecule has 0 radical (unpaired) electrons. The first kappa shape index (κ1) is 93.3. The van der Waals surface area contributed by atoms with Gasteiger partial charge in [-0.2, -0.15) is 17.5 Å². The fraction of sp³-hybridized carbons (Fsp3) is 0.583. The Morgan fingerprint density at radius 3 is 0.982 bits per heavy atom. The number of nitrogens with zero attached hydrogens (tertiary/aromatic N) is 4. The van der Waals surface area contributed by atoms with Crippen molar-refractivity contribution in [2.24, 2.45) is 23.7 Å². The molecule has 0 aliphatic rings. The third-order valence-electron chi connectivity index (χ3n) is 23.0. The van der Waals surface area contributed by atoms with Crippen molar-refractivity contribution in [1.29, 1.82) is 0 Å². The van der Waals surface area contributed by atoms with Gasteiger partial charge in [-0.3, -0.25) is 0 Å². The standard InChI is InChI=1S/C46H62N2O2S3.C38H54O2S2.C6H2Br2N2S.6CH3.2Sn/c1-7-11-15-17-21-33(19-13-9-3)29-49-38-26-35-25-32(6)51-45(35)41-39(50-30-34(20-14-10-4)22-18-16-12-8-2)27-36-28-40(52-46(36)42(38)41)37-24-23-31(5)43-44(37)48-53-47-43;1-5-9-13-15-19-29(17-11-7-3)27-39-33-25-31-21-23-42-38(31)36-34(26-32-22-24-41-37(32)35(33)36)40-28-30(18-12-8-4)20-16-14-10-6-2;7-3-1-2-4(8)6-5(3)9-11-10-6;;;;;;;;/h23-28,33-34H,7-22,29-30H2,1-6H3;21-22,25-26,29-30H,5-20,27-28H2,1-4H3;1-2H;6*1H3;;. The molecule has 0 spiro atoms. The van der Waals surface area contributed by atoms with E-state index >= 15 is 0 Å². The van der Waals surface area contributed by atoms with Gasteiger partial charge in [0.05, 0.1) is 36.7 Å². The first-order chi connectivity index (χ1) is 55.1. The third-order valence-corrected chi connectivity index (χ3v) is 48.8. The smallest absolute Gasteiger partial charge is 0.129 e. The fourth-order valence-electron chi connectivity index (χ4n) is 16.0. The number of hydrogen-bond acceptors (Lipinski definition) is 14. The van der Waals surface area contributed by atoms with Gasteiger partial charge >= 0.3 is 300 Å². The van der Waals surface area contributed by atoms with E-state index in [1.54, 1.807) is 5.79 Å². The van der Waals surface area contributed by atoms with Crippen LogP contribution in [0.5, 0.6) is 23.0 Å². The van der Waals surface area contributed by atoms with Crippen molar-refractivity contribution < 1.29 is 18.9 Å². The molecule has 6 aromatic carbocycles. The largest absolute Gasteiger partial charge is 0.493 e.